The molecule has 1 rings (SSSR count). The maximum Gasteiger partial charge on any atom is 0.389 e. The molecule has 0 spiro atoms. The highest BCUT2D eigenvalue weighted by Crippen LogP contribution is 2.25. The topological polar surface area (TPSA) is 29.3 Å². The van der Waals surface area contributed by atoms with Crippen molar-refractivity contribution in [1.82, 2.24) is 4.90 Å². The Morgan fingerprint density at radius 2 is 1.88 bits per heavy atom. The normalized spacial score (nSPS) is 31.8. The highest BCUT2D eigenvalue weighted by atomic mass is 19.4. The average molecular weight is 252 g/mol. The Bertz CT molecular complexity index is 230. The number of hydrogen-bond acceptors (Lipinski definition) is 2. The first-order valence-corrected chi connectivity index (χ1v) is 6.37. The molecule has 0 aromatic heterocycles. The van der Waals surface area contributed by atoms with Gasteiger partial charge in [0.1, 0.15) is 0 Å². The van der Waals surface area contributed by atoms with Crippen molar-refractivity contribution in [3.63, 3.8) is 0 Å². The van der Waals surface area contributed by atoms with Gasteiger partial charge in [-0.1, -0.05) is 6.92 Å². The van der Waals surface area contributed by atoms with Crippen LogP contribution in [0.2, 0.25) is 0 Å². The summed E-state index contributed by atoms with van der Waals surface area (Å²) in [6.07, 6.45) is -2.88. The molecule has 0 bridgehead atoms. The molecule has 1 heterocycles. The summed E-state index contributed by atoms with van der Waals surface area (Å²) in [6, 6.07) is 0.612. The van der Waals surface area contributed by atoms with Gasteiger partial charge in [-0.05, 0) is 45.2 Å². The minimum absolute atomic E-state index is 0.229. The van der Waals surface area contributed by atoms with Crippen molar-refractivity contribution >= 4 is 0 Å². The lowest BCUT2D eigenvalue weighted by Crippen LogP contribution is -2.51. The summed E-state index contributed by atoms with van der Waals surface area (Å²) in [5.74, 6) is 0.423. The zero-order chi connectivity index (χ0) is 13.1. The third-order valence-corrected chi connectivity index (χ3v) is 3.92. The van der Waals surface area contributed by atoms with Crippen molar-refractivity contribution in [2.45, 2.75) is 57.8 Å². The van der Waals surface area contributed by atoms with E-state index >= 15 is 0 Å². The number of rotatable bonds is 4. The van der Waals surface area contributed by atoms with Crippen LogP contribution in [0.3, 0.4) is 0 Å². The van der Waals surface area contributed by atoms with Gasteiger partial charge < -0.3 is 10.6 Å². The van der Waals surface area contributed by atoms with E-state index in [9.17, 15) is 13.2 Å². The molecule has 5 heteroatoms. The number of likely N-dealkylation sites (tertiary alicyclic amines) is 1. The number of piperidine rings is 1. The van der Waals surface area contributed by atoms with Crippen LogP contribution in [0.4, 0.5) is 13.2 Å². The van der Waals surface area contributed by atoms with Crippen LogP contribution >= 0.6 is 0 Å². The van der Waals surface area contributed by atoms with E-state index in [1.54, 1.807) is 0 Å². The summed E-state index contributed by atoms with van der Waals surface area (Å²) in [7, 11) is 0. The molecule has 17 heavy (non-hydrogen) atoms. The molecule has 1 fully saturated rings. The number of hydrogen-bond donors (Lipinski definition) is 1. The van der Waals surface area contributed by atoms with Crippen molar-refractivity contribution in [2.75, 3.05) is 13.1 Å². The summed E-state index contributed by atoms with van der Waals surface area (Å²) in [6.45, 7) is 5.91. The highest BCUT2D eigenvalue weighted by molar-refractivity contribution is 4.86. The number of nitrogens with zero attached hydrogens (tertiary/aromatic N) is 1. The largest absolute Gasteiger partial charge is 0.389 e. The zero-order valence-corrected chi connectivity index (χ0v) is 10.6. The maximum absolute atomic E-state index is 12.0. The number of halogens is 3. The van der Waals surface area contributed by atoms with Gasteiger partial charge in [0.15, 0.2) is 0 Å². The van der Waals surface area contributed by atoms with E-state index in [1.165, 1.54) is 0 Å². The second kappa shape index (κ2) is 6.05. The third kappa shape index (κ3) is 4.84. The molecule has 2 N–H and O–H groups in total. The summed E-state index contributed by atoms with van der Waals surface area (Å²) in [5.41, 5.74) is 5.97. The van der Waals surface area contributed by atoms with E-state index in [1.807, 2.05) is 0 Å². The SMILES string of the molecule is CC1C(N)CCN(CCCCC(F)(F)F)C1C. The van der Waals surface area contributed by atoms with Crippen LogP contribution in [0.25, 0.3) is 0 Å². The number of unbranched alkanes of at least 4 members (excludes halogenated alkanes) is 1. The zero-order valence-electron chi connectivity index (χ0n) is 10.6. The van der Waals surface area contributed by atoms with Crippen LogP contribution in [-0.4, -0.2) is 36.2 Å². The van der Waals surface area contributed by atoms with Gasteiger partial charge in [0.2, 0.25) is 0 Å². The molecule has 0 amide bonds. The molecule has 1 aliphatic heterocycles. The quantitative estimate of drug-likeness (QED) is 0.780. The minimum Gasteiger partial charge on any atom is -0.327 e. The van der Waals surface area contributed by atoms with Gasteiger partial charge in [0, 0.05) is 18.5 Å². The van der Waals surface area contributed by atoms with E-state index < -0.39 is 12.6 Å². The molecule has 0 saturated carbocycles. The molecular weight excluding hydrogens is 229 g/mol. The van der Waals surface area contributed by atoms with E-state index in [4.69, 9.17) is 5.73 Å². The van der Waals surface area contributed by atoms with Gasteiger partial charge in [0.25, 0.3) is 0 Å². The fraction of sp³-hybridized carbons (Fsp3) is 1.00. The molecule has 2 nitrogen and oxygen atoms in total. The van der Waals surface area contributed by atoms with E-state index in [0.717, 1.165) is 19.5 Å². The second-order valence-electron chi connectivity index (χ2n) is 5.16. The third-order valence-electron chi connectivity index (χ3n) is 3.92. The van der Waals surface area contributed by atoms with E-state index in [0.29, 0.717) is 18.4 Å². The smallest absolute Gasteiger partial charge is 0.327 e. The Hall–Kier alpha value is -0.290. The standard InChI is InChI=1S/C12H23F3N2/c1-9-10(2)17(8-5-11(9)16)7-4-3-6-12(13,14)15/h9-11H,3-8,16H2,1-2H3. The summed E-state index contributed by atoms with van der Waals surface area (Å²) in [4.78, 5) is 2.27. The van der Waals surface area contributed by atoms with Crippen LogP contribution in [0, 0.1) is 5.92 Å². The van der Waals surface area contributed by atoms with Crippen LogP contribution < -0.4 is 5.73 Å². The lowest BCUT2D eigenvalue weighted by molar-refractivity contribution is -0.135. The van der Waals surface area contributed by atoms with Crippen molar-refractivity contribution in [2.24, 2.45) is 11.7 Å². The van der Waals surface area contributed by atoms with Gasteiger partial charge in [-0.2, -0.15) is 13.2 Å². The average Bonchev–Trinajstić information content (AvgIpc) is 2.22. The Kier molecular flexibility index (Phi) is 5.25. The maximum atomic E-state index is 12.0. The van der Waals surface area contributed by atoms with E-state index in [2.05, 4.69) is 18.7 Å². The van der Waals surface area contributed by atoms with Crippen molar-refractivity contribution in [3.05, 3.63) is 0 Å². The fourth-order valence-corrected chi connectivity index (χ4v) is 2.43. The monoisotopic (exact) mass is 252 g/mol. The summed E-state index contributed by atoms with van der Waals surface area (Å²) >= 11 is 0. The van der Waals surface area contributed by atoms with Crippen LogP contribution in [-0.2, 0) is 0 Å². The summed E-state index contributed by atoms with van der Waals surface area (Å²) in [5, 5.41) is 0. The first kappa shape index (κ1) is 14.8. The van der Waals surface area contributed by atoms with Gasteiger partial charge in [0.05, 0.1) is 0 Å². The first-order valence-electron chi connectivity index (χ1n) is 6.37. The first-order chi connectivity index (χ1) is 7.81. The van der Waals surface area contributed by atoms with Crippen LogP contribution in [0.1, 0.15) is 39.5 Å². The molecule has 102 valence electrons. The minimum atomic E-state index is -4.01. The fourth-order valence-electron chi connectivity index (χ4n) is 2.43. The lowest BCUT2D eigenvalue weighted by atomic mass is 9.87. The molecule has 1 aliphatic rings. The van der Waals surface area contributed by atoms with Crippen molar-refractivity contribution in [3.8, 4) is 0 Å². The predicted octanol–water partition coefficient (Wildman–Crippen LogP) is 2.78. The van der Waals surface area contributed by atoms with Crippen molar-refractivity contribution < 1.29 is 13.2 Å². The summed E-state index contributed by atoms with van der Waals surface area (Å²) < 4.78 is 35.9. The molecule has 0 aromatic carbocycles. The van der Waals surface area contributed by atoms with Gasteiger partial charge in [-0.15, -0.1) is 0 Å². The Labute approximate surface area is 101 Å². The molecule has 1 saturated heterocycles. The molecule has 0 aromatic rings. The van der Waals surface area contributed by atoms with E-state index in [-0.39, 0.29) is 12.5 Å². The number of alkyl halides is 3. The Morgan fingerprint density at radius 3 is 2.47 bits per heavy atom. The van der Waals surface area contributed by atoms with Crippen LogP contribution in [0.5, 0.6) is 0 Å². The van der Waals surface area contributed by atoms with Gasteiger partial charge >= 0.3 is 6.18 Å². The van der Waals surface area contributed by atoms with Gasteiger partial charge in [-0.25, -0.2) is 0 Å². The highest BCUT2D eigenvalue weighted by Gasteiger charge is 2.30. The predicted molar refractivity (Wildman–Crippen MR) is 62.7 cm³/mol. The van der Waals surface area contributed by atoms with Crippen LogP contribution in [0.15, 0.2) is 0 Å². The van der Waals surface area contributed by atoms with Crippen molar-refractivity contribution in [1.29, 1.82) is 0 Å². The molecule has 3 atom stereocenters. The van der Waals surface area contributed by atoms with Gasteiger partial charge in [-0.3, -0.25) is 0 Å². The second-order valence-corrected chi connectivity index (χ2v) is 5.16. The lowest BCUT2D eigenvalue weighted by Gasteiger charge is -2.41. The molecule has 3 unspecified atom stereocenters. The molecule has 0 aliphatic carbocycles. The Morgan fingerprint density at radius 1 is 1.24 bits per heavy atom. The molecular formula is C12H23F3N2. The Balaban J connectivity index is 2.23. The number of nitrogens with two attached hydrogens (primary N) is 1. The molecule has 0 radical (unpaired) electrons.